The molecule has 0 aliphatic carbocycles. The highest BCUT2D eigenvalue weighted by Crippen LogP contribution is 2.36. The van der Waals surface area contributed by atoms with Crippen LogP contribution in [-0.4, -0.2) is 18.8 Å². The second kappa shape index (κ2) is 4.86. The van der Waals surface area contributed by atoms with Crippen molar-refractivity contribution in [3.05, 3.63) is 29.6 Å². The van der Waals surface area contributed by atoms with E-state index in [1.54, 1.807) is 13.2 Å². The Morgan fingerprint density at radius 3 is 2.89 bits per heavy atom. The van der Waals surface area contributed by atoms with Crippen molar-refractivity contribution in [1.29, 1.82) is 0 Å². The predicted molar refractivity (Wildman–Crippen MR) is 68.1 cm³/mol. The number of halogens is 1. The van der Waals surface area contributed by atoms with Gasteiger partial charge in [0.15, 0.2) is 0 Å². The van der Waals surface area contributed by atoms with E-state index < -0.39 is 0 Å². The zero-order valence-electron chi connectivity index (χ0n) is 11.1. The molecule has 3 nitrogen and oxygen atoms in total. The Labute approximate surface area is 107 Å². The van der Waals surface area contributed by atoms with Crippen LogP contribution in [0.1, 0.15) is 38.3 Å². The Hall–Kier alpha value is -1.13. The van der Waals surface area contributed by atoms with Gasteiger partial charge < -0.3 is 15.2 Å². The maximum absolute atomic E-state index is 13.2. The van der Waals surface area contributed by atoms with Crippen molar-refractivity contribution < 1.29 is 13.9 Å². The molecule has 1 aliphatic heterocycles. The number of methoxy groups -OCH3 is 1. The third-order valence-corrected chi connectivity index (χ3v) is 3.46. The molecule has 0 amide bonds. The van der Waals surface area contributed by atoms with Crippen LogP contribution in [0.5, 0.6) is 5.75 Å². The Kier molecular flexibility index (Phi) is 3.59. The third kappa shape index (κ3) is 2.82. The summed E-state index contributed by atoms with van der Waals surface area (Å²) in [5, 5.41) is 0. The summed E-state index contributed by atoms with van der Waals surface area (Å²) in [6.45, 7) is 4.01. The molecule has 0 saturated heterocycles. The first-order valence-corrected chi connectivity index (χ1v) is 6.18. The minimum atomic E-state index is -0.299. The highest BCUT2D eigenvalue weighted by Gasteiger charge is 2.31. The van der Waals surface area contributed by atoms with Gasteiger partial charge in [-0.05, 0) is 19.9 Å². The van der Waals surface area contributed by atoms with E-state index in [-0.39, 0.29) is 23.6 Å². The van der Waals surface area contributed by atoms with Crippen LogP contribution in [0.2, 0.25) is 0 Å². The van der Waals surface area contributed by atoms with Crippen molar-refractivity contribution in [2.45, 2.75) is 44.4 Å². The summed E-state index contributed by atoms with van der Waals surface area (Å²) in [5.74, 6) is 0.262. The summed E-state index contributed by atoms with van der Waals surface area (Å²) in [5.41, 5.74) is 6.71. The lowest BCUT2D eigenvalue weighted by Crippen LogP contribution is -2.36. The van der Waals surface area contributed by atoms with E-state index in [9.17, 15) is 4.39 Å². The molecule has 0 aromatic heterocycles. The molecule has 2 atom stereocenters. The lowest BCUT2D eigenvalue weighted by molar-refractivity contribution is -0.0195. The molecule has 1 heterocycles. The largest absolute Gasteiger partial charge is 0.490 e. The van der Waals surface area contributed by atoms with Gasteiger partial charge in [0.05, 0.1) is 5.60 Å². The van der Waals surface area contributed by atoms with Gasteiger partial charge in [0.25, 0.3) is 0 Å². The van der Waals surface area contributed by atoms with E-state index in [0.717, 1.165) is 18.4 Å². The molecule has 0 saturated carbocycles. The van der Waals surface area contributed by atoms with Crippen molar-refractivity contribution in [3.8, 4) is 5.75 Å². The quantitative estimate of drug-likeness (QED) is 0.900. The fourth-order valence-electron chi connectivity index (χ4n) is 2.31. The molecule has 0 spiro atoms. The number of fused-ring (bicyclic) bond motifs is 1. The number of ether oxygens (including phenoxy) is 2. The summed E-state index contributed by atoms with van der Waals surface area (Å²) in [6.07, 6.45) is 1.42. The van der Waals surface area contributed by atoms with Gasteiger partial charge in [-0.1, -0.05) is 6.07 Å². The van der Waals surface area contributed by atoms with E-state index in [0.29, 0.717) is 5.75 Å². The minimum Gasteiger partial charge on any atom is -0.490 e. The van der Waals surface area contributed by atoms with Crippen LogP contribution in [0.3, 0.4) is 0 Å². The van der Waals surface area contributed by atoms with Gasteiger partial charge in [0, 0.05) is 37.6 Å². The summed E-state index contributed by atoms with van der Waals surface area (Å²) < 4.78 is 24.4. The predicted octanol–water partition coefficient (Wildman–Crippen LogP) is 2.79. The van der Waals surface area contributed by atoms with Crippen LogP contribution in [0.4, 0.5) is 4.39 Å². The lowest BCUT2D eigenvalue weighted by atomic mass is 9.91. The van der Waals surface area contributed by atoms with Crippen LogP contribution in [0, 0.1) is 5.82 Å². The van der Waals surface area contributed by atoms with Gasteiger partial charge in [-0.25, -0.2) is 4.39 Å². The van der Waals surface area contributed by atoms with Crippen LogP contribution in [-0.2, 0) is 4.74 Å². The molecule has 0 radical (unpaired) electrons. The molecule has 2 unspecified atom stereocenters. The van der Waals surface area contributed by atoms with E-state index in [1.807, 2.05) is 13.8 Å². The maximum Gasteiger partial charge on any atom is 0.127 e. The third-order valence-electron chi connectivity index (χ3n) is 3.46. The monoisotopic (exact) mass is 253 g/mol. The molecule has 1 aliphatic rings. The highest BCUT2D eigenvalue weighted by atomic mass is 19.1. The van der Waals surface area contributed by atoms with Crippen LogP contribution >= 0.6 is 0 Å². The summed E-state index contributed by atoms with van der Waals surface area (Å²) >= 11 is 0. The fraction of sp³-hybridized carbons (Fsp3) is 0.571. The average Bonchev–Trinajstić information content (AvgIpc) is 2.27. The zero-order valence-corrected chi connectivity index (χ0v) is 11.1. The molecule has 2 rings (SSSR count). The Bertz CT molecular complexity index is 434. The molecule has 2 N–H and O–H groups in total. The Morgan fingerprint density at radius 1 is 1.50 bits per heavy atom. The maximum atomic E-state index is 13.2. The van der Waals surface area contributed by atoms with Crippen molar-refractivity contribution in [1.82, 2.24) is 0 Å². The number of benzene rings is 1. The number of hydrogen-bond acceptors (Lipinski definition) is 3. The summed E-state index contributed by atoms with van der Waals surface area (Å²) in [6, 6.07) is 4.42. The first-order valence-electron chi connectivity index (χ1n) is 6.18. The molecule has 1 aromatic carbocycles. The van der Waals surface area contributed by atoms with Gasteiger partial charge in [0.2, 0.25) is 0 Å². The molecule has 4 heteroatoms. The molecule has 1 aromatic rings. The second-order valence-electron chi connectivity index (χ2n) is 5.43. The van der Waals surface area contributed by atoms with Gasteiger partial charge in [0.1, 0.15) is 17.7 Å². The summed E-state index contributed by atoms with van der Waals surface area (Å²) in [7, 11) is 1.68. The van der Waals surface area contributed by atoms with E-state index in [2.05, 4.69) is 0 Å². The Balaban J connectivity index is 2.17. The van der Waals surface area contributed by atoms with Gasteiger partial charge in [-0.2, -0.15) is 0 Å². The molecular formula is C14H20FNO2. The molecule has 0 bridgehead atoms. The number of nitrogens with two attached hydrogens (primary N) is 1. The number of hydrogen-bond donors (Lipinski definition) is 1. The van der Waals surface area contributed by atoms with Crippen LogP contribution < -0.4 is 10.5 Å². The average molecular weight is 253 g/mol. The lowest BCUT2D eigenvalue weighted by Gasteiger charge is -2.34. The first-order chi connectivity index (χ1) is 8.41. The van der Waals surface area contributed by atoms with Crippen molar-refractivity contribution in [3.63, 3.8) is 0 Å². The van der Waals surface area contributed by atoms with Crippen LogP contribution in [0.25, 0.3) is 0 Å². The van der Waals surface area contributed by atoms with Crippen LogP contribution in [0.15, 0.2) is 18.2 Å². The fourth-order valence-corrected chi connectivity index (χ4v) is 2.31. The second-order valence-corrected chi connectivity index (χ2v) is 5.43. The first kappa shape index (κ1) is 13.3. The number of rotatable bonds is 3. The van der Waals surface area contributed by atoms with E-state index >= 15 is 0 Å². The summed E-state index contributed by atoms with van der Waals surface area (Å²) in [4.78, 5) is 0. The van der Waals surface area contributed by atoms with Gasteiger partial charge >= 0.3 is 0 Å². The Morgan fingerprint density at radius 2 is 2.22 bits per heavy atom. The normalized spacial score (nSPS) is 23.4. The van der Waals surface area contributed by atoms with Crippen molar-refractivity contribution >= 4 is 0 Å². The van der Waals surface area contributed by atoms with Crippen molar-refractivity contribution in [2.24, 2.45) is 5.73 Å². The highest BCUT2D eigenvalue weighted by molar-refractivity contribution is 5.38. The standard InChI is InChI=1S/C14H20FNO2/c1-14(2,17-3)8-10-7-12(16)11-5-4-9(15)6-13(11)18-10/h4-6,10,12H,7-8,16H2,1-3H3. The smallest absolute Gasteiger partial charge is 0.127 e. The topological polar surface area (TPSA) is 44.5 Å². The van der Waals surface area contributed by atoms with E-state index in [4.69, 9.17) is 15.2 Å². The van der Waals surface area contributed by atoms with Gasteiger partial charge in [-0.3, -0.25) is 0 Å². The zero-order chi connectivity index (χ0) is 13.3. The molecular weight excluding hydrogens is 233 g/mol. The molecule has 18 heavy (non-hydrogen) atoms. The van der Waals surface area contributed by atoms with Crippen molar-refractivity contribution in [2.75, 3.05) is 7.11 Å². The SMILES string of the molecule is COC(C)(C)CC1CC(N)c2ccc(F)cc2O1. The molecule has 100 valence electrons. The minimum absolute atomic E-state index is 0.0377. The molecule has 0 fully saturated rings. The van der Waals surface area contributed by atoms with Gasteiger partial charge in [-0.15, -0.1) is 0 Å². The van der Waals surface area contributed by atoms with E-state index in [1.165, 1.54) is 12.1 Å².